The molecule has 0 fully saturated rings. The van der Waals surface area contributed by atoms with Crippen molar-refractivity contribution in [3.8, 4) is 5.75 Å². The number of carbonyl (C=O) groups is 2. The molecule has 6 nitrogen and oxygen atoms in total. The maximum atomic E-state index is 12.0. The highest BCUT2D eigenvalue weighted by Crippen LogP contribution is 2.17. The SMILES string of the molecule is COc1ccc(C(=O)NCCNC(=O)c2cc(Br)cnc2Cl)cc1. The fourth-order valence-corrected chi connectivity index (χ4v) is 2.39. The molecular weight excluding hydrogens is 398 g/mol. The Bertz CT molecular complexity index is 738. The zero-order valence-corrected chi connectivity index (χ0v) is 15.1. The van der Waals surface area contributed by atoms with Gasteiger partial charge in [0.15, 0.2) is 0 Å². The number of nitrogens with zero attached hydrogens (tertiary/aromatic N) is 1. The van der Waals surface area contributed by atoms with Crippen LogP contribution in [0.15, 0.2) is 41.0 Å². The van der Waals surface area contributed by atoms with Crippen molar-refractivity contribution in [1.82, 2.24) is 15.6 Å². The van der Waals surface area contributed by atoms with Crippen LogP contribution in [0.5, 0.6) is 5.75 Å². The number of hydrogen-bond donors (Lipinski definition) is 2. The zero-order chi connectivity index (χ0) is 17.5. The van der Waals surface area contributed by atoms with E-state index >= 15 is 0 Å². The second-order valence-corrected chi connectivity index (χ2v) is 6.01. The number of ether oxygens (including phenoxy) is 1. The molecule has 2 N–H and O–H groups in total. The maximum absolute atomic E-state index is 12.0. The number of amides is 2. The summed E-state index contributed by atoms with van der Waals surface area (Å²) in [7, 11) is 1.56. The molecule has 0 aliphatic carbocycles. The van der Waals surface area contributed by atoms with Crippen molar-refractivity contribution >= 4 is 39.3 Å². The number of carbonyl (C=O) groups excluding carboxylic acids is 2. The number of nitrogens with one attached hydrogen (secondary N) is 2. The number of aromatic nitrogens is 1. The van der Waals surface area contributed by atoms with E-state index in [9.17, 15) is 9.59 Å². The number of methoxy groups -OCH3 is 1. The van der Waals surface area contributed by atoms with Gasteiger partial charge in [-0.2, -0.15) is 0 Å². The molecule has 1 aromatic carbocycles. The van der Waals surface area contributed by atoms with E-state index in [4.69, 9.17) is 16.3 Å². The first-order valence-electron chi connectivity index (χ1n) is 7.02. The minimum Gasteiger partial charge on any atom is -0.497 e. The van der Waals surface area contributed by atoms with E-state index in [1.807, 2.05) is 0 Å². The van der Waals surface area contributed by atoms with Gasteiger partial charge in [0.05, 0.1) is 12.7 Å². The summed E-state index contributed by atoms with van der Waals surface area (Å²) in [6, 6.07) is 8.33. The third kappa shape index (κ3) is 4.94. The maximum Gasteiger partial charge on any atom is 0.254 e. The van der Waals surface area contributed by atoms with E-state index < -0.39 is 0 Å². The van der Waals surface area contributed by atoms with Crippen molar-refractivity contribution in [3.05, 3.63) is 57.3 Å². The number of hydrogen-bond acceptors (Lipinski definition) is 4. The van der Waals surface area contributed by atoms with Crippen LogP contribution in [0.3, 0.4) is 0 Å². The Kier molecular flexibility index (Phi) is 6.57. The van der Waals surface area contributed by atoms with E-state index in [-0.39, 0.29) is 35.6 Å². The Morgan fingerprint density at radius 2 is 1.79 bits per heavy atom. The monoisotopic (exact) mass is 411 g/mol. The molecule has 0 saturated carbocycles. The van der Waals surface area contributed by atoms with Crippen LogP contribution in [0.2, 0.25) is 5.15 Å². The third-order valence-corrected chi connectivity index (χ3v) is 3.83. The van der Waals surface area contributed by atoms with E-state index in [1.54, 1.807) is 37.4 Å². The topological polar surface area (TPSA) is 80.3 Å². The van der Waals surface area contributed by atoms with E-state index in [0.29, 0.717) is 15.8 Å². The van der Waals surface area contributed by atoms with Gasteiger partial charge in [-0.15, -0.1) is 0 Å². The minimum atomic E-state index is -0.354. The van der Waals surface area contributed by atoms with Crippen molar-refractivity contribution in [2.45, 2.75) is 0 Å². The van der Waals surface area contributed by atoms with Crippen molar-refractivity contribution in [3.63, 3.8) is 0 Å². The second-order valence-electron chi connectivity index (χ2n) is 4.73. The van der Waals surface area contributed by atoms with Gasteiger partial charge in [0.2, 0.25) is 0 Å². The molecule has 0 saturated heterocycles. The molecule has 1 aromatic heterocycles. The van der Waals surface area contributed by atoms with Gasteiger partial charge >= 0.3 is 0 Å². The first-order chi connectivity index (χ1) is 11.5. The molecule has 0 radical (unpaired) electrons. The smallest absolute Gasteiger partial charge is 0.254 e. The lowest BCUT2D eigenvalue weighted by Crippen LogP contribution is -2.34. The summed E-state index contributed by atoms with van der Waals surface area (Å²) in [4.78, 5) is 27.9. The van der Waals surface area contributed by atoms with Crippen molar-refractivity contribution < 1.29 is 14.3 Å². The summed E-state index contributed by atoms with van der Waals surface area (Å²) >= 11 is 9.12. The number of halogens is 2. The number of pyridine rings is 1. The first kappa shape index (κ1) is 18.2. The lowest BCUT2D eigenvalue weighted by Gasteiger charge is -2.08. The van der Waals surface area contributed by atoms with Crippen molar-refractivity contribution in [2.24, 2.45) is 0 Å². The highest BCUT2D eigenvalue weighted by Gasteiger charge is 2.12. The molecule has 8 heteroatoms. The summed E-state index contributed by atoms with van der Waals surface area (Å²) in [5.41, 5.74) is 0.786. The van der Waals surface area contributed by atoms with Crippen LogP contribution in [-0.2, 0) is 0 Å². The highest BCUT2D eigenvalue weighted by molar-refractivity contribution is 9.10. The summed E-state index contributed by atoms with van der Waals surface area (Å²) in [5, 5.41) is 5.51. The average Bonchev–Trinajstić information content (AvgIpc) is 2.60. The van der Waals surface area contributed by atoms with Gasteiger partial charge in [-0.1, -0.05) is 11.6 Å². The van der Waals surface area contributed by atoms with Crippen LogP contribution < -0.4 is 15.4 Å². The van der Waals surface area contributed by atoms with E-state index in [0.717, 1.165) is 0 Å². The molecule has 24 heavy (non-hydrogen) atoms. The fraction of sp³-hybridized carbons (Fsp3) is 0.188. The predicted molar refractivity (Wildman–Crippen MR) is 94.6 cm³/mol. The Balaban J connectivity index is 1.80. The van der Waals surface area contributed by atoms with E-state index in [2.05, 4.69) is 31.5 Å². The van der Waals surface area contributed by atoms with Crippen LogP contribution in [0.1, 0.15) is 20.7 Å². The molecule has 2 amide bonds. The van der Waals surface area contributed by atoms with Gasteiger partial charge in [0, 0.05) is 29.3 Å². The largest absolute Gasteiger partial charge is 0.497 e. The summed E-state index contributed by atoms with van der Waals surface area (Å²) < 4.78 is 5.69. The molecule has 0 spiro atoms. The molecule has 2 aromatic rings. The lowest BCUT2D eigenvalue weighted by atomic mass is 10.2. The predicted octanol–water partition coefficient (Wildman–Crippen LogP) is 2.67. The molecule has 2 rings (SSSR count). The normalized spacial score (nSPS) is 10.1. The molecule has 0 atom stereocenters. The van der Waals surface area contributed by atoms with Gasteiger partial charge < -0.3 is 15.4 Å². The van der Waals surface area contributed by atoms with Crippen LogP contribution in [-0.4, -0.2) is 37.0 Å². The minimum absolute atomic E-state index is 0.123. The van der Waals surface area contributed by atoms with Gasteiger partial charge in [-0.3, -0.25) is 9.59 Å². The molecular formula is C16H15BrClN3O3. The van der Waals surface area contributed by atoms with Gasteiger partial charge in [-0.25, -0.2) is 4.98 Å². The van der Waals surface area contributed by atoms with Gasteiger partial charge in [0.25, 0.3) is 11.8 Å². The van der Waals surface area contributed by atoms with E-state index in [1.165, 1.54) is 6.20 Å². The average molecular weight is 413 g/mol. The molecule has 0 unspecified atom stereocenters. The second kappa shape index (κ2) is 8.65. The summed E-state index contributed by atoms with van der Waals surface area (Å²) in [6.07, 6.45) is 1.51. The van der Waals surface area contributed by atoms with Gasteiger partial charge in [0.1, 0.15) is 10.9 Å². The quantitative estimate of drug-likeness (QED) is 0.565. The Morgan fingerprint density at radius 1 is 1.17 bits per heavy atom. The summed E-state index contributed by atoms with van der Waals surface area (Å²) in [5.74, 6) is 0.0971. The molecule has 0 aliphatic heterocycles. The fourth-order valence-electron chi connectivity index (χ4n) is 1.87. The van der Waals surface area contributed by atoms with Crippen LogP contribution >= 0.6 is 27.5 Å². The molecule has 126 valence electrons. The van der Waals surface area contributed by atoms with Crippen LogP contribution in [0, 0.1) is 0 Å². The molecule has 0 bridgehead atoms. The summed E-state index contributed by atoms with van der Waals surface area (Å²) in [6.45, 7) is 0.555. The lowest BCUT2D eigenvalue weighted by molar-refractivity contribution is 0.0927. The Morgan fingerprint density at radius 3 is 2.42 bits per heavy atom. The zero-order valence-electron chi connectivity index (χ0n) is 12.8. The third-order valence-electron chi connectivity index (χ3n) is 3.10. The highest BCUT2D eigenvalue weighted by atomic mass is 79.9. The van der Waals surface area contributed by atoms with Gasteiger partial charge in [-0.05, 0) is 46.3 Å². The molecule has 0 aliphatic rings. The van der Waals surface area contributed by atoms with Crippen molar-refractivity contribution in [2.75, 3.05) is 20.2 Å². The number of benzene rings is 1. The first-order valence-corrected chi connectivity index (χ1v) is 8.20. The Labute approximate surface area is 152 Å². The van der Waals surface area contributed by atoms with Crippen LogP contribution in [0.25, 0.3) is 0 Å². The van der Waals surface area contributed by atoms with Crippen molar-refractivity contribution in [1.29, 1.82) is 0 Å². The standard InChI is InChI=1S/C16H15BrClN3O3/c1-24-12-4-2-10(3-5-12)15(22)19-6-7-20-16(23)13-8-11(17)9-21-14(13)18/h2-5,8-9H,6-7H2,1H3,(H,19,22)(H,20,23). The molecule has 1 heterocycles. The van der Waals surface area contributed by atoms with Crippen LogP contribution in [0.4, 0.5) is 0 Å². The number of rotatable bonds is 6. The Hall–Kier alpha value is -2.12.